The van der Waals surface area contributed by atoms with Gasteiger partial charge in [-0.2, -0.15) is 0 Å². The van der Waals surface area contributed by atoms with E-state index in [1.165, 1.54) is 22.3 Å². The topological polar surface area (TPSA) is 30.8 Å². The summed E-state index contributed by atoms with van der Waals surface area (Å²) in [5, 5.41) is 0. The van der Waals surface area contributed by atoms with Crippen molar-refractivity contribution < 1.29 is 9.47 Å². The second-order valence-corrected chi connectivity index (χ2v) is 7.19. The minimum Gasteiger partial charge on any atom is -0.496 e. The number of aliphatic imine (C=N–C) groups is 1. The molecule has 0 radical (unpaired) electrons. The van der Waals surface area contributed by atoms with E-state index in [-0.39, 0.29) is 0 Å². The Hall–Kier alpha value is -3.07. The van der Waals surface area contributed by atoms with Crippen LogP contribution in [0, 0.1) is 0 Å². The van der Waals surface area contributed by atoms with Crippen molar-refractivity contribution in [2.75, 3.05) is 13.7 Å². The fourth-order valence-corrected chi connectivity index (χ4v) is 3.62. The van der Waals surface area contributed by atoms with Gasteiger partial charge in [0.2, 0.25) is 0 Å². The number of nitrogens with zero attached hydrogens (tertiary/aromatic N) is 1. The van der Waals surface area contributed by atoms with Gasteiger partial charge in [0.15, 0.2) is 0 Å². The van der Waals surface area contributed by atoms with Crippen molar-refractivity contribution in [3.8, 4) is 11.5 Å². The van der Waals surface area contributed by atoms with Gasteiger partial charge in [0.25, 0.3) is 0 Å². The molecule has 0 amide bonds. The van der Waals surface area contributed by atoms with Crippen LogP contribution in [0.25, 0.3) is 11.3 Å². The Morgan fingerprint density at radius 3 is 2.66 bits per heavy atom. The predicted octanol–water partition coefficient (Wildman–Crippen LogP) is 6.28. The van der Waals surface area contributed by atoms with E-state index in [4.69, 9.17) is 9.47 Å². The molecular formula is C26H29NO2. The number of hydrogen-bond donors (Lipinski definition) is 0. The molecule has 1 aliphatic rings. The molecule has 3 rings (SSSR count). The van der Waals surface area contributed by atoms with E-state index >= 15 is 0 Å². The van der Waals surface area contributed by atoms with Gasteiger partial charge in [-0.3, -0.25) is 4.99 Å². The van der Waals surface area contributed by atoms with Crippen LogP contribution in [0.4, 0.5) is 0 Å². The first-order chi connectivity index (χ1) is 14.0. The number of methoxy groups -OCH3 is 1. The van der Waals surface area contributed by atoms with E-state index in [2.05, 4.69) is 49.7 Å². The third-order valence-corrected chi connectivity index (χ3v) is 5.21. The average molecular weight is 388 g/mol. The van der Waals surface area contributed by atoms with Crippen molar-refractivity contribution in [3.63, 3.8) is 0 Å². The van der Waals surface area contributed by atoms with Gasteiger partial charge in [-0.15, -0.1) is 0 Å². The second kappa shape index (κ2) is 9.42. The summed E-state index contributed by atoms with van der Waals surface area (Å²) >= 11 is 0. The van der Waals surface area contributed by atoms with E-state index < -0.39 is 0 Å². The van der Waals surface area contributed by atoms with Crippen LogP contribution in [-0.4, -0.2) is 19.9 Å². The van der Waals surface area contributed by atoms with Gasteiger partial charge in [-0.1, -0.05) is 49.9 Å². The van der Waals surface area contributed by atoms with Crippen molar-refractivity contribution >= 4 is 17.5 Å². The number of rotatable bonds is 7. The highest BCUT2D eigenvalue weighted by molar-refractivity contribution is 5.85. The van der Waals surface area contributed by atoms with Gasteiger partial charge in [0.1, 0.15) is 11.5 Å². The molecule has 0 bridgehead atoms. The zero-order valence-corrected chi connectivity index (χ0v) is 17.8. The molecule has 0 aliphatic carbocycles. The summed E-state index contributed by atoms with van der Waals surface area (Å²) in [6.45, 7) is 11.2. The van der Waals surface area contributed by atoms with Gasteiger partial charge in [-0.05, 0) is 49.1 Å². The van der Waals surface area contributed by atoms with Crippen molar-refractivity contribution in [2.45, 2.75) is 33.6 Å². The van der Waals surface area contributed by atoms with Crippen molar-refractivity contribution in [1.82, 2.24) is 0 Å². The molecule has 0 atom stereocenters. The SMILES string of the molecule is C=C(/N=C/C(C)=C/C=C(\C)c1cccc(OC)c1CC)c1cccc2c1CCO2. The molecule has 150 valence electrons. The maximum atomic E-state index is 5.64. The molecule has 29 heavy (non-hydrogen) atoms. The summed E-state index contributed by atoms with van der Waals surface area (Å²) in [4.78, 5) is 4.59. The van der Waals surface area contributed by atoms with Crippen LogP contribution in [0.5, 0.6) is 11.5 Å². The highest BCUT2D eigenvalue weighted by atomic mass is 16.5. The summed E-state index contributed by atoms with van der Waals surface area (Å²) in [5.74, 6) is 1.89. The van der Waals surface area contributed by atoms with Gasteiger partial charge >= 0.3 is 0 Å². The van der Waals surface area contributed by atoms with Crippen LogP contribution < -0.4 is 9.47 Å². The fourth-order valence-electron chi connectivity index (χ4n) is 3.62. The molecule has 3 nitrogen and oxygen atoms in total. The molecule has 1 aliphatic heterocycles. The molecular weight excluding hydrogens is 358 g/mol. The van der Waals surface area contributed by atoms with E-state index in [9.17, 15) is 0 Å². The molecule has 2 aromatic rings. The lowest BCUT2D eigenvalue weighted by molar-refractivity contribution is 0.357. The first-order valence-electron chi connectivity index (χ1n) is 10.0. The standard InChI is InChI=1S/C26H29NO2/c1-6-21-22(9-7-11-25(21)28-5)19(3)14-13-18(2)17-27-20(4)23-10-8-12-26-24(23)15-16-29-26/h7-14,17H,4,6,15-16H2,1-3,5H3/b18-13+,19-14+,27-17+. The third kappa shape index (κ3) is 4.68. The van der Waals surface area contributed by atoms with Crippen molar-refractivity contribution in [1.29, 1.82) is 0 Å². The summed E-state index contributed by atoms with van der Waals surface area (Å²) < 4.78 is 11.1. The lowest BCUT2D eigenvalue weighted by Gasteiger charge is -2.12. The van der Waals surface area contributed by atoms with Crippen molar-refractivity contribution in [3.05, 3.63) is 83.0 Å². The second-order valence-electron chi connectivity index (χ2n) is 7.19. The average Bonchev–Trinajstić information content (AvgIpc) is 3.23. The number of benzene rings is 2. The van der Waals surface area contributed by atoms with Crippen LogP contribution in [0.1, 0.15) is 43.0 Å². The first kappa shape index (κ1) is 20.7. The number of ether oxygens (including phenoxy) is 2. The van der Waals surface area contributed by atoms with Gasteiger partial charge in [0, 0.05) is 29.3 Å². The number of hydrogen-bond acceptors (Lipinski definition) is 3. The molecule has 0 saturated carbocycles. The number of fused-ring (bicyclic) bond motifs is 1. The molecule has 0 saturated heterocycles. The molecule has 0 unspecified atom stereocenters. The highest BCUT2D eigenvalue weighted by Gasteiger charge is 2.16. The quantitative estimate of drug-likeness (QED) is 0.413. The summed E-state index contributed by atoms with van der Waals surface area (Å²) in [6.07, 6.45) is 7.93. The summed E-state index contributed by atoms with van der Waals surface area (Å²) in [7, 11) is 1.72. The lowest BCUT2D eigenvalue weighted by Crippen LogP contribution is -1.95. The van der Waals surface area contributed by atoms with Crippen LogP contribution in [-0.2, 0) is 12.8 Å². The Morgan fingerprint density at radius 1 is 1.14 bits per heavy atom. The Labute approximate surface area is 174 Å². The predicted molar refractivity (Wildman–Crippen MR) is 123 cm³/mol. The van der Waals surface area contributed by atoms with Gasteiger partial charge < -0.3 is 9.47 Å². The van der Waals surface area contributed by atoms with Crippen LogP contribution in [0.15, 0.2) is 65.7 Å². The molecule has 3 heteroatoms. The third-order valence-electron chi connectivity index (χ3n) is 5.21. The minimum absolute atomic E-state index is 0.733. The molecule has 0 spiro atoms. The van der Waals surface area contributed by atoms with E-state index in [0.717, 1.165) is 47.8 Å². The van der Waals surface area contributed by atoms with Crippen molar-refractivity contribution in [2.24, 2.45) is 4.99 Å². The van der Waals surface area contributed by atoms with E-state index in [1.54, 1.807) is 7.11 Å². The van der Waals surface area contributed by atoms with Crippen LogP contribution >= 0.6 is 0 Å². The van der Waals surface area contributed by atoms with E-state index in [1.807, 2.05) is 37.4 Å². The maximum Gasteiger partial charge on any atom is 0.123 e. The largest absolute Gasteiger partial charge is 0.496 e. The number of allylic oxidation sites excluding steroid dienone is 4. The fraction of sp³-hybridized carbons (Fsp3) is 0.269. The summed E-state index contributed by atoms with van der Waals surface area (Å²) in [5.41, 5.74) is 7.76. The van der Waals surface area contributed by atoms with E-state index in [0.29, 0.717) is 0 Å². The Kier molecular flexibility index (Phi) is 6.71. The lowest BCUT2D eigenvalue weighted by atomic mass is 9.97. The van der Waals surface area contributed by atoms with Crippen LogP contribution in [0.2, 0.25) is 0 Å². The first-order valence-corrected chi connectivity index (χ1v) is 10.0. The van der Waals surface area contributed by atoms with Crippen LogP contribution in [0.3, 0.4) is 0 Å². The molecule has 2 aromatic carbocycles. The highest BCUT2D eigenvalue weighted by Crippen LogP contribution is 2.32. The summed E-state index contributed by atoms with van der Waals surface area (Å²) in [6, 6.07) is 12.3. The molecule has 1 heterocycles. The smallest absolute Gasteiger partial charge is 0.123 e. The molecule has 0 fully saturated rings. The zero-order valence-electron chi connectivity index (χ0n) is 17.8. The molecule has 0 aromatic heterocycles. The Balaban J connectivity index is 1.76. The monoisotopic (exact) mass is 387 g/mol. The molecule has 0 N–H and O–H groups in total. The Bertz CT molecular complexity index is 996. The van der Waals surface area contributed by atoms with Gasteiger partial charge in [0.05, 0.1) is 19.4 Å². The minimum atomic E-state index is 0.733. The maximum absolute atomic E-state index is 5.64. The zero-order chi connectivity index (χ0) is 20.8. The van der Waals surface area contributed by atoms with Gasteiger partial charge in [-0.25, -0.2) is 0 Å². The normalized spacial score (nSPS) is 14.1. The Morgan fingerprint density at radius 2 is 1.90 bits per heavy atom.